The van der Waals surface area contributed by atoms with Crippen LogP contribution in [0.2, 0.25) is 0 Å². The Morgan fingerprint density at radius 1 is 0.286 bits per heavy atom. The molecule has 17 nitrogen and oxygen atoms in total. The van der Waals surface area contributed by atoms with Crippen LogP contribution in [-0.4, -0.2) is 96.7 Å². The van der Waals surface area contributed by atoms with Crippen molar-refractivity contribution in [1.82, 2.24) is 0 Å². The van der Waals surface area contributed by atoms with Gasteiger partial charge in [0, 0.05) is 25.7 Å². The Morgan fingerprint density at radius 2 is 0.490 bits per heavy atom. The number of aliphatic hydroxyl groups excluding tert-OH is 1. The standard InChI is InChI=1S/C79H154O17P2/c1-9-71(7)57-49-41-35-37-43-51-59-76(81)89-65-74(95-78(83)61-53-45-33-29-25-21-16-14-12-11-13-15-19-23-27-31-39-47-55-69(3)4)67-93-97(85,86)91-63-73(80)64-92-98(87,88)94-68-75(66-90-77(82)60-52-44-38-36-42-50-58-72(8)10-2)96-79(84)62-54-46-34-30-26-22-18-17-20-24-28-32-40-48-56-70(5)6/h69-75,80H,9-68H2,1-8H3,(H,85,86)(H,87,88)/t71?,72?,73-,74+,75+/m0/s1. The molecule has 0 aromatic heterocycles. The van der Waals surface area contributed by atoms with E-state index in [-0.39, 0.29) is 25.7 Å². The fraction of sp³-hybridized carbons (Fsp3) is 0.949. The van der Waals surface area contributed by atoms with E-state index < -0.39 is 97.5 Å². The van der Waals surface area contributed by atoms with Gasteiger partial charge >= 0.3 is 39.5 Å². The molecule has 0 aliphatic carbocycles. The number of carbonyl (C=O) groups is 4. The van der Waals surface area contributed by atoms with Gasteiger partial charge in [0.25, 0.3) is 0 Å². The summed E-state index contributed by atoms with van der Waals surface area (Å²) in [7, 11) is -9.92. The summed E-state index contributed by atoms with van der Waals surface area (Å²) in [5.41, 5.74) is 0. The van der Waals surface area contributed by atoms with Crippen LogP contribution in [0, 0.1) is 23.7 Å². The zero-order valence-electron chi connectivity index (χ0n) is 64.4. The summed E-state index contributed by atoms with van der Waals surface area (Å²) in [6, 6.07) is 0. The quantitative estimate of drug-likeness (QED) is 0.0222. The molecule has 0 aliphatic heterocycles. The van der Waals surface area contributed by atoms with Gasteiger partial charge in [-0.15, -0.1) is 0 Å². The molecule has 0 fully saturated rings. The molecule has 7 atom stereocenters. The Balaban J connectivity index is 5.18. The summed E-state index contributed by atoms with van der Waals surface area (Å²) >= 11 is 0. The van der Waals surface area contributed by atoms with Crippen molar-refractivity contribution >= 4 is 39.5 Å². The van der Waals surface area contributed by atoms with E-state index in [2.05, 4.69) is 55.4 Å². The predicted molar refractivity (Wildman–Crippen MR) is 400 cm³/mol. The van der Waals surface area contributed by atoms with E-state index in [4.69, 9.17) is 37.0 Å². The number of phosphoric acid groups is 2. The summed E-state index contributed by atoms with van der Waals surface area (Å²) in [5, 5.41) is 10.6. The zero-order valence-corrected chi connectivity index (χ0v) is 66.2. The lowest BCUT2D eigenvalue weighted by molar-refractivity contribution is -0.161. The Kier molecular flexibility index (Phi) is 66.8. The van der Waals surface area contributed by atoms with Crippen molar-refractivity contribution in [3.8, 4) is 0 Å². The minimum atomic E-state index is -4.96. The maximum absolute atomic E-state index is 13.1. The number of ether oxygens (including phenoxy) is 4. The molecule has 582 valence electrons. The Labute approximate surface area is 600 Å². The van der Waals surface area contributed by atoms with Crippen LogP contribution in [-0.2, 0) is 65.4 Å². The van der Waals surface area contributed by atoms with Gasteiger partial charge in [-0.3, -0.25) is 37.3 Å². The van der Waals surface area contributed by atoms with Crippen molar-refractivity contribution in [2.24, 2.45) is 23.7 Å². The van der Waals surface area contributed by atoms with Crippen LogP contribution in [0.3, 0.4) is 0 Å². The molecule has 0 bridgehead atoms. The first-order valence-corrected chi connectivity index (χ1v) is 43.8. The van der Waals surface area contributed by atoms with Crippen LogP contribution in [0.1, 0.15) is 402 Å². The number of rotatable bonds is 76. The van der Waals surface area contributed by atoms with E-state index >= 15 is 0 Å². The lowest BCUT2D eigenvalue weighted by atomic mass is 10.00. The van der Waals surface area contributed by atoms with Gasteiger partial charge in [0.15, 0.2) is 12.2 Å². The normalized spacial score (nSPS) is 14.6. The van der Waals surface area contributed by atoms with Gasteiger partial charge in [-0.05, 0) is 49.4 Å². The SMILES string of the molecule is CCC(C)CCCCCCCCC(=O)OC[C@H](COP(=O)(O)OC[C@H](O)COP(=O)(O)OC[C@@H](COC(=O)CCCCCCCCC(C)CC)OC(=O)CCCCCCCCCCCCCCCCC(C)C)OC(=O)CCCCCCCCCCCCCCCCCCCCC(C)C. The molecule has 98 heavy (non-hydrogen) atoms. The second kappa shape index (κ2) is 68.2. The maximum atomic E-state index is 13.1. The van der Waals surface area contributed by atoms with Crippen molar-refractivity contribution in [2.75, 3.05) is 39.6 Å². The van der Waals surface area contributed by atoms with Crippen LogP contribution in [0.5, 0.6) is 0 Å². The first-order chi connectivity index (χ1) is 47.2. The van der Waals surface area contributed by atoms with Crippen molar-refractivity contribution in [3.63, 3.8) is 0 Å². The molecule has 4 unspecified atom stereocenters. The minimum Gasteiger partial charge on any atom is -0.462 e. The fourth-order valence-electron chi connectivity index (χ4n) is 12.0. The number of hydrogen-bond acceptors (Lipinski definition) is 15. The first kappa shape index (κ1) is 96.1. The molecule has 3 N–H and O–H groups in total. The summed E-state index contributed by atoms with van der Waals surface area (Å²) in [6.45, 7) is 14.2. The van der Waals surface area contributed by atoms with Gasteiger partial charge in [0.1, 0.15) is 19.3 Å². The smallest absolute Gasteiger partial charge is 0.462 e. The fourth-order valence-corrected chi connectivity index (χ4v) is 13.6. The van der Waals surface area contributed by atoms with E-state index in [1.54, 1.807) is 0 Å². The summed E-state index contributed by atoms with van der Waals surface area (Å²) in [5.74, 6) is 0.957. The van der Waals surface area contributed by atoms with Crippen LogP contribution in [0.15, 0.2) is 0 Å². The highest BCUT2D eigenvalue weighted by Gasteiger charge is 2.30. The van der Waals surface area contributed by atoms with Gasteiger partial charge < -0.3 is 33.8 Å². The van der Waals surface area contributed by atoms with E-state index in [1.165, 1.54) is 193 Å². The largest absolute Gasteiger partial charge is 0.472 e. The molecule has 0 aromatic carbocycles. The number of aliphatic hydroxyl groups is 1. The Morgan fingerprint density at radius 3 is 0.724 bits per heavy atom. The molecule has 19 heteroatoms. The molecule has 0 saturated carbocycles. The van der Waals surface area contributed by atoms with Gasteiger partial charge in [0.05, 0.1) is 26.4 Å². The van der Waals surface area contributed by atoms with Crippen LogP contribution in [0.4, 0.5) is 0 Å². The molecular formula is C79H154O17P2. The molecule has 0 heterocycles. The Hall–Kier alpha value is -1.94. The third-order valence-electron chi connectivity index (χ3n) is 19.0. The molecule has 0 amide bonds. The maximum Gasteiger partial charge on any atom is 0.472 e. The number of carbonyl (C=O) groups excluding carboxylic acids is 4. The first-order valence-electron chi connectivity index (χ1n) is 40.8. The topological polar surface area (TPSA) is 237 Å². The predicted octanol–water partition coefficient (Wildman–Crippen LogP) is 23.2. The summed E-state index contributed by atoms with van der Waals surface area (Å²) < 4.78 is 68.6. The Bertz CT molecular complexity index is 1920. The number of phosphoric ester groups is 2. The zero-order chi connectivity index (χ0) is 72.4. The lowest BCUT2D eigenvalue weighted by Gasteiger charge is -2.21. The molecular weight excluding hydrogens is 1280 g/mol. The van der Waals surface area contributed by atoms with Crippen LogP contribution in [0.25, 0.3) is 0 Å². The highest BCUT2D eigenvalue weighted by molar-refractivity contribution is 7.47. The summed E-state index contributed by atoms with van der Waals surface area (Å²) in [4.78, 5) is 72.9. The van der Waals surface area contributed by atoms with Gasteiger partial charge in [-0.1, -0.05) is 351 Å². The summed E-state index contributed by atoms with van der Waals surface area (Å²) in [6.07, 6.45) is 54.3. The van der Waals surface area contributed by atoms with Gasteiger partial charge in [-0.25, -0.2) is 9.13 Å². The second-order valence-corrected chi connectivity index (χ2v) is 32.8. The minimum absolute atomic E-state index is 0.106. The van der Waals surface area contributed by atoms with Crippen LogP contribution >= 0.6 is 15.6 Å². The van der Waals surface area contributed by atoms with Crippen molar-refractivity contribution in [3.05, 3.63) is 0 Å². The van der Waals surface area contributed by atoms with Gasteiger partial charge in [0.2, 0.25) is 0 Å². The van der Waals surface area contributed by atoms with E-state index in [0.717, 1.165) is 126 Å². The van der Waals surface area contributed by atoms with E-state index in [9.17, 15) is 43.2 Å². The molecule has 0 rings (SSSR count). The average Bonchev–Trinajstić information content (AvgIpc) is 1.00. The molecule has 0 aliphatic rings. The van der Waals surface area contributed by atoms with Crippen molar-refractivity contribution < 1.29 is 80.2 Å². The van der Waals surface area contributed by atoms with E-state index in [0.29, 0.717) is 25.7 Å². The van der Waals surface area contributed by atoms with Gasteiger partial charge in [-0.2, -0.15) is 0 Å². The van der Waals surface area contributed by atoms with Crippen molar-refractivity contribution in [2.45, 2.75) is 420 Å². The molecule has 0 radical (unpaired) electrons. The number of hydrogen-bond donors (Lipinski definition) is 3. The number of unbranched alkanes of at least 4 members (excludes halogenated alkanes) is 40. The van der Waals surface area contributed by atoms with E-state index in [1.807, 2.05) is 0 Å². The van der Waals surface area contributed by atoms with Crippen molar-refractivity contribution in [1.29, 1.82) is 0 Å². The second-order valence-electron chi connectivity index (χ2n) is 29.9. The molecule has 0 saturated heterocycles. The van der Waals surface area contributed by atoms with Crippen LogP contribution < -0.4 is 0 Å². The average molecular weight is 1440 g/mol. The number of esters is 4. The third-order valence-corrected chi connectivity index (χ3v) is 20.9. The monoisotopic (exact) mass is 1440 g/mol. The lowest BCUT2D eigenvalue weighted by Crippen LogP contribution is -2.30. The molecule has 0 spiro atoms. The highest BCUT2D eigenvalue weighted by Crippen LogP contribution is 2.45. The molecule has 0 aromatic rings. The third kappa shape index (κ3) is 69.8. The highest BCUT2D eigenvalue weighted by atomic mass is 31.2.